The average Bonchev–Trinajstić information content (AvgIpc) is 2.23. The molecule has 4 heteroatoms. The monoisotopic (exact) mass is 182 g/mol. The number of carbonyl (C=O) groups is 1. The summed E-state index contributed by atoms with van der Waals surface area (Å²) < 4.78 is 0. The Bertz CT molecular complexity index is 319. The van der Waals surface area contributed by atoms with Gasteiger partial charge in [0, 0.05) is 11.3 Å². The summed E-state index contributed by atoms with van der Waals surface area (Å²) in [6.07, 6.45) is 2.56. The van der Waals surface area contributed by atoms with E-state index in [0.29, 0.717) is 6.42 Å². The Labute approximate surface area is 74.8 Å². The molecule has 2 heterocycles. The predicted octanol–water partition coefficient (Wildman–Crippen LogP) is 1.73. The molecule has 0 bridgehead atoms. The molecule has 0 saturated heterocycles. The summed E-state index contributed by atoms with van der Waals surface area (Å²) in [5, 5.41) is 3.83. The summed E-state index contributed by atoms with van der Waals surface area (Å²) in [6.45, 7) is 1.96. The summed E-state index contributed by atoms with van der Waals surface area (Å²) in [7, 11) is 0. The standard InChI is InChI=1S/C8H10N2OS/c1-5-9-8-6(12-5)3-2-4-7(11)10-8/h2-4H2,1H3,(H,10,11). The van der Waals surface area contributed by atoms with Crippen molar-refractivity contribution in [1.29, 1.82) is 0 Å². The number of anilines is 1. The van der Waals surface area contributed by atoms with E-state index < -0.39 is 0 Å². The van der Waals surface area contributed by atoms with E-state index in [1.165, 1.54) is 4.88 Å². The van der Waals surface area contributed by atoms with Gasteiger partial charge in [0.05, 0.1) is 5.01 Å². The minimum atomic E-state index is 0.0963. The van der Waals surface area contributed by atoms with Gasteiger partial charge in [-0.2, -0.15) is 0 Å². The van der Waals surface area contributed by atoms with Crippen LogP contribution in [0.1, 0.15) is 22.7 Å². The maximum atomic E-state index is 11.1. The van der Waals surface area contributed by atoms with Gasteiger partial charge in [0.1, 0.15) is 5.82 Å². The molecule has 0 unspecified atom stereocenters. The van der Waals surface area contributed by atoms with Gasteiger partial charge in [0.15, 0.2) is 0 Å². The van der Waals surface area contributed by atoms with Crippen LogP contribution in [0.4, 0.5) is 5.82 Å². The summed E-state index contributed by atoms with van der Waals surface area (Å²) in [5.41, 5.74) is 0. The van der Waals surface area contributed by atoms with Crippen molar-refractivity contribution in [2.75, 3.05) is 5.32 Å². The molecule has 1 aromatic rings. The fraction of sp³-hybridized carbons (Fsp3) is 0.500. The second-order valence-electron chi connectivity index (χ2n) is 2.91. The highest BCUT2D eigenvalue weighted by atomic mass is 32.1. The summed E-state index contributed by atoms with van der Waals surface area (Å²) in [6, 6.07) is 0. The number of hydrogen-bond acceptors (Lipinski definition) is 3. The van der Waals surface area contributed by atoms with E-state index in [4.69, 9.17) is 0 Å². The normalized spacial score (nSPS) is 16.6. The van der Waals surface area contributed by atoms with E-state index in [0.717, 1.165) is 23.7 Å². The van der Waals surface area contributed by atoms with Crippen molar-refractivity contribution in [3.63, 3.8) is 0 Å². The molecule has 0 aliphatic carbocycles. The van der Waals surface area contributed by atoms with Gasteiger partial charge in [0.25, 0.3) is 0 Å². The number of amides is 1. The van der Waals surface area contributed by atoms with Crippen LogP contribution < -0.4 is 5.32 Å². The second-order valence-corrected chi connectivity index (χ2v) is 4.19. The number of nitrogens with zero attached hydrogens (tertiary/aromatic N) is 1. The lowest BCUT2D eigenvalue weighted by molar-refractivity contribution is -0.116. The quantitative estimate of drug-likeness (QED) is 0.664. The molecule has 0 saturated carbocycles. The van der Waals surface area contributed by atoms with Gasteiger partial charge < -0.3 is 5.32 Å². The lowest BCUT2D eigenvalue weighted by Crippen LogP contribution is -2.09. The third-order valence-corrected chi connectivity index (χ3v) is 2.90. The molecule has 0 radical (unpaired) electrons. The zero-order chi connectivity index (χ0) is 8.55. The van der Waals surface area contributed by atoms with Crippen molar-refractivity contribution in [2.24, 2.45) is 0 Å². The maximum absolute atomic E-state index is 11.1. The Kier molecular flexibility index (Phi) is 1.84. The first-order valence-corrected chi connectivity index (χ1v) is 4.83. The largest absolute Gasteiger partial charge is 0.310 e. The van der Waals surface area contributed by atoms with Gasteiger partial charge >= 0.3 is 0 Å². The first-order chi connectivity index (χ1) is 5.75. The Hall–Kier alpha value is -0.900. The molecule has 0 atom stereocenters. The lowest BCUT2D eigenvalue weighted by Gasteiger charge is -1.95. The number of carbonyl (C=O) groups excluding carboxylic acids is 1. The summed E-state index contributed by atoms with van der Waals surface area (Å²) >= 11 is 1.68. The lowest BCUT2D eigenvalue weighted by atomic mass is 10.2. The Balaban J connectivity index is 2.36. The number of fused-ring (bicyclic) bond motifs is 1. The molecule has 1 N–H and O–H groups in total. The second kappa shape index (κ2) is 2.86. The molecule has 1 amide bonds. The molecular weight excluding hydrogens is 172 g/mol. The van der Waals surface area contributed by atoms with Crippen LogP contribution in [0, 0.1) is 6.92 Å². The highest BCUT2D eigenvalue weighted by Gasteiger charge is 2.15. The molecule has 3 nitrogen and oxygen atoms in total. The molecule has 1 aliphatic rings. The van der Waals surface area contributed by atoms with Gasteiger partial charge in [0.2, 0.25) is 5.91 Å². The van der Waals surface area contributed by atoms with Crippen LogP contribution in [0.2, 0.25) is 0 Å². The molecule has 1 aromatic heterocycles. The van der Waals surface area contributed by atoms with Gasteiger partial charge in [-0.15, -0.1) is 11.3 Å². The number of hydrogen-bond donors (Lipinski definition) is 1. The van der Waals surface area contributed by atoms with Crippen molar-refractivity contribution in [3.8, 4) is 0 Å². The third kappa shape index (κ3) is 1.34. The van der Waals surface area contributed by atoms with Gasteiger partial charge in [-0.1, -0.05) is 0 Å². The Morgan fingerprint density at radius 2 is 2.33 bits per heavy atom. The third-order valence-electron chi connectivity index (χ3n) is 1.87. The van der Waals surface area contributed by atoms with E-state index in [1.54, 1.807) is 11.3 Å². The molecule has 0 fully saturated rings. The highest BCUT2D eigenvalue weighted by Crippen LogP contribution is 2.26. The molecule has 0 spiro atoms. The molecule has 64 valence electrons. The smallest absolute Gasteiger partial charge is 0.225 e. The fourth-order valence-corrected chi connectivity index (χ4v) is 2.27. The Morgan fingerprint density at radius 1 is 1.50 bits per heavy atom. The molecular formula is C8H10N2OS. The van der Waals surface area contributed by atoms with Crippen LogP contribution in [0.25, 0.3) is 0 Å². The first kappa shape index (κ1) is 7.73. The number of aromatic nitrogens is 1. The minimum Gasteiger partial charge on any atom is -0.310 e. The average molecular weight is 182 g/mol. The zero-order valence-electron chi connectivity index (χ0n) is 6.89. The number of aryl methyl sites for hydroxylation is 2. The molecule has 12 heavy (non-hydrogen) atoms. The van der Waals surface area contributed by atoms with Crippen LogP contribution in [0.5, 0.6) is 0 Å². The molecule has 1 aliphatic heterocycles. The van der Waals surface area contributed by atoms with Crippen molar-refractivity contribution >= 4 is 23.1 Å². The summed E-state index contributed by atoms with van der Waals surface area (Å²) in [5.74, 6) is 0.888. The van der Waals surface area contributed by atoms with E-state index in [-0.39, 0.29) is 5.91 Å². The van der Waals surface area contributed by atoms with Crippen LogP contribution >= 0.6 is 11.3 Å². The van der Waals surface area contributed by atoms with E-state index >= 15 is 0 Å². The van der Waals surface area contributed by atoms with E-state index in [9.17, 15) is 4.79 Å². The van der Waals surface area contributed by atoms with Crippen LogP contribution in [0.15, 0.2) is 0 Å². The van der Waals surface area contributed by atoms with Crippen molar-refractivity contribution < 1.29 is 4.79 Å². The Morgan fingerprint density at radius 3 is 3.17 bits per heavy atom. The number of rotatable bonds is 0. The minimum absolute atomic E-state index is 0.0963. The zero-order valence-corrected chi connectivity index (χ0v) is 7.70. The fourth-order valence-electron chi connectivity index (χ4n) is 1.34. The first-order valence-electron chi connectivity index (χ1n) is 4.02. The number of thiazole rings is 1. The van der Waals surface area contributed by atoms with Crippen molar-refractivity contribution in [1.82, 2.24) is 4.98 Å². The van der Waals surface area contributed by atoms with E-state index in [1.807, 2.05) is 6.92 Å². The van der Waals surface area contributed by atoms with Crippen LogP contribution in [0.3, 0.4) is 0 Å². The van der Waals surface area contributed by atoms with Gasteiger partial charge in [-0.25, -0.2) is 4.98 Å². The van der Waals surface area contributed by atoms with Crippen LogP contribution in [-0.2, 0) is 11.2 Å². The van der Waals surface area contributed by atoms with Crippen LogP contribution in [-0.4, -0.2) is 10.9 Å². The predicted molar refractivity (Wildman–Crippen MR) is 48.4 cm³/mol. The molecule has 2 rings (SSSR count). The topological polar surface area (TPSA) is 42.0 Å². The maximum Gasteiger partial charge on any atom is 0.225 e. The molecule has 0 aromatic carbocycles. The highest BCUT2D eigenvalue weighted by molar-refractivity contribution is 7.12. The van der Waals surface area contributed by atoms with E-state index in [2.05, 4.69) is 10.3 Å². The number of nitrogens with one attached hydrogen (secondary N) is 1. The van der Waals surface area contributed by atoms with Gasteiger partial charge in [-0.05, 0) is 19.8 Å². The SMILES string of the molecule is Cc1nc2c(s1)CCCC(=O)N2. The van der Waals surface area contributed by atoms with Crippen molar-refractivity contribution in [2.45, 2.75) is 26.2 Å². The van der Waals surface area contributed by atoms with Crippen molar-refractivity contribution in [3.05, 3.63) is 9.88 Å². The summed E-state index contributed by atoms with van der Waals surface area (Å²) in [4.78, 5) is 16.6. The van der Waals surface area contributed by atoms with Gasteiger partial charge in [-0.3, -0.25) is 4.79 Å².